The summed E-state index contributed by atoms with van der Waals surface area (Å²) in [6.07, 6.45) is 15.4. The topological polar surface area (TPSA) is 40.5 Å². The number of rotatable bonds is 12. The zero-order chi connectivity index (χ0) is 20.2. The van der Waals surface area contributed by atoms with E-state index in [0.717, 1.165) is 16.8 Å². The summed E-state index contributed by atoms with van der Waals surface area (Å²) in [7, 11) is 0. The molecule has 0 saturated heterocycles. The van der Waals surface area contributed by atoms with E-state index in [1.807, 2.05) is 6.08 Å². The van der Waals surface area contributed by atoms with Crippen LogP contribution in [0.5, 0.6) is 11.5 Å². The molecule has 2 nitrogen and oxygen atoms in total. The van der Waals surface area contributed by atoms with Gasteiger partial charge in [-0.3, -0.25) is 0 Å². The third kappa shape index (κ3) is 7.85. The number of benzene rings is 2. The molecule has 2 rings (SSSR count). The second-order valence-electron chi connectivity index (χ2n) is 7.36. The number of allylic oxidation sites excluding steroid dienone is 1. The highest BCUT2D eigenvalue weighted by molar-refractivity contribution is 7.81. The van der Waals surface area contributed by atoms with Gasteiger partial charge in [0.1, 0.15) is 11.5 Å². The SMILES string of the molecule is CCCCCCCCCCc1ccc(C(=S)C=Cc2ccc(O)cc2O)cc1. The van der Waals surface area contributed by atoms with Gasteiger partial charge in [0.2, 0.25) is 0 Å². The van der Waals surface area contributed by atoms with E-state index in [9.17, 15) is 10.2 Å². The molecule has 2 aromatic carbocycles. The van der Waals surface area contributed by atoms with Crippen molar-refractivity contribution in [1.82, 2.24) is 0 Å². The van der Waals surface area contributed by atoms with Gasteiger partial charge in [0.25, 0.3) is 0 Å². The molecule has 0 aliphatic carbocycles. The van der Waals surface area contributed by atoms with Gasteiger partial charge in [0, 0.05) is 16.5 Å². The average Bonchev–Trinajstić information content (AvgIpc) is 2.69. The molecule has 28 heavy (non-hydrogen) atoms. The van der Waals surface area contributed by atoms with Crippen molar-refractivity contribution in [3.8, 4) is 11.5 Å². The minimum absolute atomic E-state index is 0.0414. The van der Waals surface area contributed by atoms with Crippen molar-refractivity contribution in [2.45, 2.75) is 64.7 Å². The van der Waals surface area contributed by atoms with E-state index in [0.29, 0.717) is 5.56 Å². The third-order valence-corrected chi connectivity index (χ3v) is 5.36. The summed E-state index contributed by atoms with van der Waals surface area (Å²) < 4.78 is 0. The minimum atomic E-state index is 0.0414. The van der Waals surface area contributed by atoms with Crippen LogP contribution in [0, 0.1) is 0 Å². The second-order valence-corrected chi connectivity index (χ2v) is 7.80. The summed E-state index contributed by atoms with van der Waals surface area (Å²) in [5.41, 5.74) is 2.99. The molecule has 2 N–H and O–H groups in total. The summed E-state index contributed by atoms with van der Waals surface area (Å²) in [4.78, 5) is 0.728. The van der Waals surface area contributed by atoms with Crippen molar-refractivity contribution >= 4 is 23.2 Å². The van der Waals surface area contributed by atoms with Gasteiger partial charge < -0.3 is 10.2 Å². The molecule has 0 atom stereocenters. The third-order valence-electron chi connectivity index (χ3n) is 4.99. The number of aryl methyl sites for hydroxylation is 1. The highest BCUT2D eigenvalue weighted by Crippen LogP contribution is 2.24. The first-order valence-corrected chi connectivity index (χ1v) is 10.8. The largest absolute Gasteiger partial charge is 0.508 e. The summed E-state index contributed by atoms with van der Waals surface area (Å²) in [5.74, 6) is 0.0871. The van der Waals surface area contributed by atoms with Gasteiger partial charge in [-0.1, -0.05) is 88.4 Å². The Hall–Kier alpha value is -2.13. The number of hydrogen-bond donors (Lipinski definition) is 2. The quantitative estimate of drug-likeness (QED) is 0.172. The lowest BCUT2D eigenvalue weighted by atomic mass is 10.0. The molecule has 2 aromatic rings. The Morgan fingerprint density at radius 3 is 2.14 bits per heavy atom. The fraction of sp³-hybridized carbons (Fsp3) is 0.400. The number of phenolic OH excluding ortho intramolecular Hbond substituents is 2. The predicted octanol–water partition coefficient (Wildman–Crippen LogP) is 7.21. The van der Waals surface area contributed by atoms with Crippen molar-refractivity contribution in [1.29, 1.82) is 0 Å². The first kappa shape index (κ1) is 22.2. The summed E-state index contributed by atoms with van der Waals surface area (Å²) in [6, 6.07) is 13.0. The molecule has 0 heterocycles. The van der Waals surface area contributed by atoms with E-state index < -0.39 is 0 Å². The van der Waals surface area contributed by atoms with Crippen LogP contribution in [0.1, 0.15) is 75.0 Å². The van der Waals surface area contributed by atoms with E-state index >= 15 is 0 Å². The van der Waals surface area contributed by atoms with E-state index in [1.54, 1.807) is 18.2 Å². The molecular weight excluding hydrogens is 364 g/mol. The summed E-state index contributed by atoms with van der Waals surface area (Å²) >= 11 is 5.48. The van der Waals surface area contributed by atoms with Crippen LogP contribution in [0.4, 0.5) is 0 Å². The molecule has 0 fully saturated rings. The van der Waals surface area contributed by atoms with E-state index in [2.05, 4.69) is 31.2 Å². The molecular formula is C25H32O2S. The molecule has 0 unspecified atom stereocenters. The number of thiocarbonyl (C=S) groups is 1. The maximum atomic E-state index is 9.83. The molecule has 0 saturated carbocycles. The molecule has 150 valence electrons. The monoisotopic (exact) mass is 396 g/mol. The maximum Gasteiger partial charge on any atom is 0.126 e. The molecule has 3 heteroatoms. The van der Waals surface area contributed by atoms with Crippen LogP contribution >= 0.6 is 12.2 Å². The van der Waals surface area contributed by atoms with Crippen molar-refractivity contribution in [3.05, 3.63) is 65.2 Å². The lowest BCUT2D eigenvalue weighted by Crippen LogP contribution is -1.94. The summed E-state index contributed by atoms with van der Waals surface area (Å²) in [5, 5.41) is 19.2. The van der Waals surface area contributed by atoms with Gasteiger partial charge >= 0.3 is 0 Å². The average molecular weight is 397 g/mol. The Balaban J connectivity index is 1.75. The molecule has 0 spiro atoms. The van der Waals surface area contributed by atoms with E-state index in [1.165, 1.54) is 63.0 Å². The summed E-state index contributed by atoms with van der Waals surface area (Å²) in [6.45, 7) is 2.26. The zero-order valence-corrected chi connectivity index (χ0v) is 17.7. The van der Waals surface area contributed by atoms with Gasteiger partial charge in [0.05, 0.1) is 0 Å². The fourth-order valence-electron chi connectivity index (χ4n) is 3.23. The predicted molar refractivity (Wildman–Crippen MR) is 123 cm³/mol. The Kier molecular flexibility index (Phi) is 9.78. The second kappa shape index (κ2) is 12.4. The van der Waals surface area contributed by atoms with Crippen molar-refractivity contribution in [3.63, 3.8) is 0 Å². The lowest BCUT2D eigenvalue weighted by molar-refractivity contribution is 0.450. The minimum Gasteiger partial charge on any atom is -0.508 e. The van der Waals surface area contributed by atoms with Crippen LogP contribution in [-0.2, 0) is 6.42 Å². The van der Waals surface area contributed by atoms with E-state index in [4.69, 9.17) is 12.2 Å². The molecule has 0 aliphatic rings. The van der Waals surface area contributed by atoms with E-state index in [-0.39, 0.29) is 11.5 Å². The number of hydrogen-bond acceptors (Lipinski definition) is 3. The Bertz CT molecular complexity index is 763. The van der Waals surface area contributed by atoms with Crippen LogP contribution in [0.2, 0.25) is 0 Å². The highest BCUT2D eigenvalue weighted by atomic mass is 32.1. The lowest BCUT2D eigenvalue weighted by Gasteiger charge is -2.05. The highest BCUT2D eigenvalue weighted by Gasteiger charge is 2.02. The van der Waals surface area contributed by atoms with Crippen molar-refractivity contribution < 1.29 is 10.2 Å². The van der Waals surface area contributed by atoms with Gasteiger partial charge in [-0.05, 0) is 48.3 Å². The standard InChI is InChI=1S/C25H32O2S/c1-2-3-4-5-6-7-8-9-10-20-11-13-22(14-12-20)25(28)18-16-21-15-17-23(26)19-24(21)27/h11-19,26-27H,2-10H2,1H3. The Labute approximate surface area is 174 Å². The van der Waals surface area contributed by atoms with Gasteiger partial charge in [-0.25, -0.2) is 0 Å². The van der Waals surface area contributed by atoms with Crippen LogP contribution in [0.3, 0.4) is 0 Å². The maximum absolute atomic E-state index is 9.83. The molecule has 0 aliphatic heterocycles. The number of unbranched alkanes of at least 4 members (excludes halogenated alkanes) is 7. The zero-order valence-electron chi connectivity index (χ0n) is 16.9. The Morgan fingerprint density at radius 1 is 0.857 bits per heavy atom. The Morgan fingerprint density at radius 2 is 1.50 bits per heavy atom. The first-order valence-electron chi connectivity index (χ1n) is 10.4. The van der Waals surface area contributed by atoms with Gasteiger partial charge in [0.15, 0.2) is 0 Å². The van der Waals surface area contributed by atoms with Gasteiger partial charge in [-0.15, -0.1) is 0 Å². The van der Waals surface area contributed by atoms with Crippen LogP contribution in [0.15, 0.2) is 48.5 Å². The fourth-order valence-corrected chi connectivity index (χ4v) is 3.44. The smallest absolute Gasteiger partial charge is 0.126 e. The van der Waals surface area contributed by atoms with Crippen LogP contribution in [-0.4, -0.2) is 15.1 Å². The van der Waals surface area contributed by atoms with Crippen LogP contribution in [0.25, 0.3) is 6.08 Å². The van der Waals surface area contributed by atoms with Crippen molar-refractivity contribution in [2.24, 2.45) is 0 Å². The molecule has 0 aromatic heterocycles. The number of aromatic hydroxyl groups is 2. The molecule has 0 bridgehead atoms. The number of phenols is 2. The van der Waals surface area contributed by atoms with Crippen LogP contribution < -0.4 is 0 Å². The molecule has 0 amide bonds. The normalized spacial score (nSPS) is 11.2. The van der Waals surface area contributed by atoms with Gasteiger partial charge in [-0.2, -0.15) is 0 Å². The first-order chi connectivity index (χ1) is 13.6. The van der Waals surface area contributed by atoms with Crippen molar-refractivity contribution in [2.75, 3.05) is 0 Å². The molecule has 0 radical (unpaired) electrons.